The van der Waals surface area contributed by atoms with Crippen molar-refractivity contribution in [2.24, 2.45) is 11.8 Å². The average Bonchev–Trinajstić information content (AvgIpc) is 3.04. The fourth-order valence-electron chi connectivity index (χ4n) is 4.32. The third-order valence-electron chi connectivity index (χ3n) is 5.92. The highest BCUT2D eigenvalue weighted by Crippen LogP contribution is 2.42. The van der Waals surface area contributed by atoms with E-state index in [1.165, 1.54) is 11.1 Å². The minimum absolute atomic E-state index is 0.0288. The predicted molar refractivity (Wildman–Crippen MR) is 92.9 cm³/mol. The topological polar surface area (TPSA) is 66.4 Å². The van der Waals surface area contributed by atoms with Crippen LogP contribution in [0, 0.1) is 11.8 Å². The van der Waals surface area contributed by atoms with Crippen molar-refractivity contribution < 1.29 is 14.7 Å². The van der Waals surface area contributed by atoms with Gasteiger partial charge >= 0.3 is 5.97 Å². The van der Waals surface area contributed by atoms with Crippen LogP contribution in [0.4, 0.5) is 0 Å². The van der Waals surface area contributed by atoms with Crippen molar-refractivity contribution in [1.82, 2.24) is 5.32 Å². The standard InChI is InChI=1S/C20H27NO3/c1-20(2)10-9-15(16-5-3-4-6-17(16)20)12-21-18(22)13-7-8-14(11-13)19(23)24/h3-6,13-15H,7-12H2,1-2H3,(H,21,22)(H,23,24)/t13-,14+,15?/m1/s1. The van der Waals surface area contributed by atoms with Crippen LogP contribution in [0.5, 0.6) is 0 Å². The van der Waals surface area contributed by atoms with Crippen LogP contribution >= 0.6 is 0 Å². The van der Waals surface area contributed by atoms with Gasteiger partial charge in [0.1, 0.15) is 0 Å². The second-order valence-corrected chi connectivity index (χ2v) is 8.00. The summed E-state index contributed by atoms with van der Waals surface area (Å²) >= 11 is 0. The number of carboxylic acids is 1. The van der Waals surface area contributed by atoms with E-state index in [1.807, 2.05) is 0 Å². The monoisotopic (exact) mass is 329 g/mol. The molecule has 2 N–H and O–H groups in total. The number of carbonyl (C=O) groups excluding carboxylic acids is 1. The number of hydrogen-bond donors (Lipinski definition) is 2. The van der Waals surface area contributed by atoms with Gasteiger partial charge in [-0.1, -0.05) is 38.1 Å². The molecule has 3 atom stereocenters. The first-order valence-corrected chi connectivity index (χ1v) is 8.98. The Labute approximate surface area is 143 Å². The number of fused-ring (bicyclic) bond motifs is 1. The summed E-state index contributed by atoms with van der Waals surface area (Å²) in [4.78, 5) is 23.4. The number of carbonyl (C=O) groups is 2. The number of benzene rings is 1. The Morgan fingerprint density at radius 2 is 1.88 bits per heavy atom. The summed E-state index contributed by atoms with van der Waals surface area (Å²) in [6.45, 7) is 5.22. The SMILES string of the molecule is CC1(C)CCC(CNC(=O)[C@@H]2CC[C@H](C(=O)O)C2)c2ccccc21. The summed E-state index contributed by atoms with van der Waals surface area (Å²) in [5.74, 6) is -0.872. The molecule has 2 aliphatic carbocycles. The zero-order valence-corrected chi connectivity index (χ0v) is 14.5. The lowest BCUT2D eigenvalue weighted by molar-refractivity contribution is -0.141. The zero-order chi connectivity index (χ0) is 17.3. The fraction of sp³-hybridized carbons (Fsp3) is 0.600. The Morgan fingerprint density at radius 1 is 1.17 bits per heavy atom. The van der Waals surface area contributed by atoms with E-state index in [4.69, 9.17) is 5.11 Å². The van der Waals surface area contributed by atoms with Crippen molar-refractivity contribution in [3.05, 3.63) is 35.4 Å². The van der Waals surface area contributed by atoms with Crippen LogP contribution < -0.4 is 5.32 Å². The molecule has 0 aliphatic heterocycles. The van der Waals surface area contributed by atoms with Crippen molar-refractivity contribution in [3.63, 3.8) is 0 Å². The van der Waals surface area contributed by atoms with Crippen LogP contribution in [-0.4, -0.2) is 23.5 Å². The van der Waals surface area contributed by atoms with Crippen molar-refractivity contribution in [1.29, 1.82) is 0 Å². The molecule has 0 aromatic heterocycles. The Bertz CT molecular complexity index is 638. The van der Waals surface area contributed by atoms with Crippen LogP contribution in [-0.2, 0) is 15.0 Å². The summed E-state index contributed by atoms with van der Waals surface area (Å²) in [6, 6.07) is 8.55. The zero-order valence-electron chi connectivity index (χ0n) is 14.5. The van der Waals surface area contributed by atoms with Gasteiger partial charge in [-0.15, -0.1) is 0 Å². The van der Waals surface area contributed by atoms with Gasteiger partial charge in [0.2, 0.25) is 5.91 Å². The molecule has 24 heavy (non-hydrogen) atoms. The second-order valence-electron chi connectivity index (χ2n) is 8.00. The Balaban J connectivity index is 1.61. The first kappa shape index (κ1) is 17.0. The molecule has 0 spiro atoms. The van der Waals surface area contributed by atoms with Gasteiger partial charge in [-0.05, 0) is 48.6 Å². The first-order chi connectivity index (χ1) is 11.4. The second kappa shape index (κ2) is 6.58. The normalized spacial score (nSPS) is 28.2. The third-order valence-corrected chi connectivity index (χ3v) is 5.92. The summed E-state index contributed by atoms with van der Waals surface area (Å²) in [5.41, 5.74) is 2.93. The quantitative estimate of drug-likeness (QED) is 0.889. The summed E-state index contributed by atoms with van der Waals surface area (Å²) < 4.78 is 0. The lowest BCUT2D eigenvalue weighted by atomic mass is 9.69. The molecule has 3 rings (SSSR count). The van der Waals surface area contributed by atoms with E-state index in [9.17, 15) is 9.59 Å². The molecule has 0 radical (unpaired) electrons. The van der Waals surface area contributed by atoms with Gasteiger partial charge in [0, 0.05) is 18.4 Å². The number of rotatable bonds is 4. The summed E-state index contributed by atoms with van der Waals surface area (Å²) in [5, 5.41) is 12.2. The molecule has 0 bridgehead atoms. The molecule has 1 amide bonds. The lowest BCUT2D eigenvalue weighted by Gasteiger charge is -2.37. The molecular weight excluding hydrogens is 302 g/mol. The van der Waals surface area contributed by atoms with E-state index < -0.39 is 5.97 Å². The molecule has 1 fully saturated rings. The molecule has 4 nitrogen and oxygen atoms in total. The van der Waals surface area contributed by atoms with E-state index in [0.717, 1.165) is 12.8 Å². The maximum Gasteiger partial charge on any atom is 0.306 e. The fourth-order valence-corrected chi connectivity index (χ4v) is 4.32. The van der Waals surface area contributed by atoms with Crippen molar-refractivity contribution in [3.8, 4) is 0 Å². The van der Waals surface area contributed by atoms with Crippen LogP contribution in [0.2, 0.25) is 0 Å². The van der Waals surface area contributed by atoms with Gasteiger partial charge in [-0.25, -0.2) is 0 Å². The highest BCUT2D eigenvalue weighted by atomic mass is 16.4. The highest BCUT2D eigenvalue weighted by molar-refractivity contribution is 5.80. The van der Waals surface area contributed by atoms with E-state index in [0.29, 0.717) is 31.7 Å². The Hall–Kier alpha value is -1.84. The van der Waals surface area contributed by atoms with Gasteiger partial charge in [0.15, 0.2) is 0 Å². The van der Waals surface area contributed by atoms with Gasteiger partial charge in [0.05, 0.1) is 5.92 Å². The molecular formula is C20H27NO3. The van der Waals surface area contributed by atoms with Crippen LogP contribution in [0.15, 0.2) is 24.3 Å². The number of amides is 1. The van der Waals surface area contributed by atoms with E-state index in [-0.39, 0.29) is 23.2 Å². The first-order valence-electron chi connectivity index (χ1n) is 8.98. The maximum atomic E-state index is 12.4. The number of nitrogens with one attached hydrogen (secondary N) is 1. The van der Waals surface area contributed by atoms with Crippen LogP contribution in [0.3, 0.4) is 0 Å². The Morgan fingerprint density at radius 3 is 2.58 bits per heavy atom. The van der Waals surface area contributed by atoms with E-state index in [2.05, 4.69) is 43.4 Å². The molecule has 0 heterocycles. The number of hydrogen-bond acceptors (Lipinski definition) is 2. The van der Waals surface area contributed by atoms with Gasteiger partial charge < -0.3 is 10.4 Å². The molecule has 1 unspecified atom stereocenters. The van der Waals surface area contributed by atoms with E-state index >= 15 is 0 Å². The maximum absolute atomic E-state index is 12.4. The smallest absolute Gasteiger partial charge is 0.306 e. The molecule has 2 aliphatic rings. The minimum Gasteiger partial charge on any atom is -0.481 e. The third kappa shape index (κ3) is 3.33. The van der Waals surface area contributed by atoms with Crippen LogP contribution in [0.25, 0.3) is 0 Å². The van der Waals surface area contributed by atoms with E-state index in [1.54, 1.807) is 0 Å². The molecule has 4 heteroatoms. The molecule has 130 valence electrons. The predicted octanol–water partition coefficient (Wildman–Crippen LogP) is 3.46. The number of carboxylic acid groups (broad SMARTS) is 1. The molecule has 1 aromatic carbocycles. The van der Waals surface area contributed by atoms with Gasteiger partial charge in [-0.2, -0.15) is 0 Å². The summed E-state index contributed by atoms with van der Waals surface area (Å²) in [7, 11) is 0. The van der Waals surface area contributed by atoms with Crippen LogP contribution in [0.1, 0.15) is 63.0 Å². The summed E-state index contributed by atoms with van der Waals surface area (Å²) in [6.07, 6.45) is 3.99. The van der Waals surface area contributed by atoms with Gasteiger partial charge in [-0.3, -0.25) is 9.59 Å². The largest absolute Gasteiger partial charge is 0.481 e. The molecule has 1 aromatic rings. The Kier molecular flexibility index (Phi) is 4.66. The van der Waals surface area contributed by atoms with Crippen molar-refractivity contribution in [2.75, 3.05) is 6.54 Å². The van der Waals surface area contributed by atoms with Crippen molar-refractivity contribution >= 4 is 11.9 Å². The number of aliphatic carboxylic acids is 1. The minimum atomic E-state index is -0.770. The van der Waals surface area contributed by atoms with Gasteiger partial charge in [0.25, 0.3) is 0 Å². The molecule has 0 saturated heterocycles. The lowest BCUT2D eigenvalue weighted by Crippen LogP contribution is -2.36. The van der Waals surface area contributed by atoms with Crippen molar-refractivity contribution in [2.45, 2.75) is 57.3 Å². The molecule has 1 saturated carbocycles. The average molecular weight is 329 g/mol. The highest BCUT2D eigenvalue weighted by Gasteiger charge is 2.35.